The maximum atomic E-state index is 13.9. The van der Waals surface area contributed by atoms with Gasteiger partial charge in [0, 0.05) is 66.8 Å². The number of carbonyl (C=O) groups is 2. The van der Waals surface area contributed by atoms with Crippen molar-refractivity contribution in [1.29, 1.82) is 0 Å². The summed E-state index contributed by atoms with van der Waals surface area (Å²) < 4.78 is 8.19. The molecule has 2 amide bonds. The lowest BCUT2D eigenvalue weighted by Gasteiger charge is -2.33. The van der Waals surface area contributed by atoms with Gasteiger partial charge in [0.05, 0.1) is 34.2 Å². The van der Waals surface area contributed by atoms with Gasteiger partial charge >= 0.3 is 0 Å². The number of rotatable bonds is 16. The first kappa shape index (κ1) is 40.3. The minimum absolute atomic E-state index is 0.0290. The number of hydrogen-bond acceptors (Lipinski definition) is 8. The molecule has 4 heterocycles. The molecule has 0 radical (unpaired) electrons. The van der Waals surface area contributed by atoms with E-state index in [-0.39, 0.29) is 35.3 Å². The summed E-state index contributed by atoms with van der Waals surface area (Å²) in [4.78, 5) is 39.3. The molecule has 53 heavy (non-hydrogen) atoms. The molecule has 3 atom stereocenters. The van der Waals surface area contributed by atoms with Crippen LogP contribution in [0.5, 0.6) is 0 Å². The van der Waals surface area contributed by atoms with Crippen LogP contribution in [0.25, 0.3) is 33.4 Å². The number of likely N-dealkylation sites (N-methyl/N-ethyl adjacent to an activating group) is 1. The first-order valence-corrected chi connectivity index (χ1v) is 19.9. The minimum Gasteiger partial charge on any atom is -0.375 e. The summed E-state index contributed by atoms with van der Waals surface area (Å²) in [6, 6.07) is 9.69. The number of methoxy groups -OCH3 is 1. The van der Waals surface area contributed by atoms with Gasteiger partial charge in [0.1, 0.15) is 6.04 Å². The molecule has 4 aromatic rings. The molecule has 1 aromatic carbocycles. The molecule has 286 valence electrons. The van der Waals surface area contributed by atoms with Crippen molar-refractivity contribution in [3.8, 4) is 22.5 Å². The molecular weight excluding hydrogens is 683 g/mol. The smallest absolute Gasteiger partial charge is 0.259 e. The fourth-order valence-electron chi connectivity index (χ4n) is 7.76. The van der Waals surface area contributed by atoms with Crippen LogP contribution in [0.3, 0.4) is 0 Å². The SMILES string of the molecule is C=CCC(C)(C)Cc1c(-c2cccnc2C(C)OC)n(CC)c2ccc(-c3csc(CC(NC(=O)C(C(C)C)N(C)C)C(=O)N4CCCCN4)n3)cc12. The van der Waals surface area contributed by atoms with Gasteiger partial charge in [0.15, 0.2) is 0 Å². The van der Waals surface area contributed by atoms with Crippen LogP contribution in [-0.4, -0.2) is 82.6 Å². The van der Waals surface area contributed by atoms with Crippen molar-refractivity contribution in [1.82, 2.24) is 35.2 Å². The van der Waals surface area contributed by atoms with Crippen molar-refractivity contribution in [2.75, 3.05) is 34.3 Å². The summed E-state index contributed by atoms with van der Waals surface area (Å²) >= 11 is 1.53. The fraction of sp³-hybridized carbons (Fsp3) is 0.524. The molecule has 3 unspecified atom stereocenters. The minimum atomic E-state index is -0.737. The molecule has 5 rings (SSSR count). The first-order valence-electron chi connectivity index (χ1n) is 19.0. The number of carbonyl (C=O) groups excluding carboxylic acids is 2. The number of hydrogen-bond donors (Lipinski definition) is 2. The quantitative estimate of drug-likeness (QED) is 0.115. The van der Waals surface area contributed by atoms with Crippen molar-refractivity contribution >= 4 is 34.1 Å². The van der Waals surface area contributed by atoms with E-state index in [0.29, 0.717) is 13.0 Å². The van der Waals surface area contributed by atoms with Gasteiger partial charge in [-0.15, -0.1) is 17.9 Å². The zero-order chi connectivity index (χ0) is 38.4. The zero-order valence-electron chi connectivity index (χ0n) is 33.2. The van der Waals surface area contributed by atoms with Crippen LogP contribution in [0.1, 0.15) is 83.2 Å². The van der Waals surface area contributed by atoms with Crippen LogP contribution in [0.15, 0.2) is 54.6 Å². The van der Waals surface area contributed by atoms with Crippen LogP contribution in [-0.2, 0) is 33.7 Å². The van der Waals surface area contributed by atoms with E-state index in [2.05, 4.69) is 72.3 Å². The Morgan fingerprint density at radius 3 is 2.60 bits per heavy atom. The number of nitrogens with zero attached hydrogens (tertiary/aromatic N) is 5. The Balaban J connectivity index is 1.56. The highest BCUT2D eigenvalue weighted by Crippen LogP contribution is 2.42. The monoisotopic (exact) mass is 741 g/mol. The predicted octanol–water partition coefficient (Wildman–Crippen LogP) is 7.44. The summed E-state index contributed by atoms with van der Waals surface area (Å²) in [5, 5.41) is 8.84. The van der Waals surface area contributed by atoms with Crippen LogP contribution < -0.4 is 10.7 Å². The van der Waals surface area contributed by atoms with Crippen LogP contribution in [0.4, 0.5) is 0 Å². The number of nitrogens with one attached hydrogen (secondary N) is 2. The normalized spacial score (nSPS) is 15.6. The third-order valence-electron chi connectivity index (χ3n) is 10.3. The zero-order valence-corrected chi connectivity index (χ0v) is 34.0. The number of hydrazine groups is 1. The molecule has 0 bridgehead atoms. The highest BCUT2D eigenvalue weighted by atomic mass is 32.1. The van der Waals surface area contributed by atoms with Crippen molar-refractivity contribution < 1.29 is 14.3 Å². The van der Waals surface area contributed by atoms with Crippen LogP contribution >= 0.6 is 11.3 Å². The van der Waals surface area contributed by atoms with Gasteiger partial charge in [-0.1, -0.05) is 39.8 Å². The Bertz CT molecular complexity index is 1880. The number of ether oxygens (including phenoxy) is 1. The van der Waals surface area contributed by atoms with Crippen molar-refractivity contribution in [3.63, 3.8) is 0 Å². The summed E-state index contributed by atoms with van der Waals surface area (Å²) in [6.45, 7) is 19.1. The maximum absolute atomic E-state index is 13.9. The average molecular weight is 742 g/mol. The Hall–Kier alpha value is -3.90. The fourth-order valence-corrected chi connectivity index (χ4v) is 8.61. The van der Waals surface area contributed by atoms with E-state index in [1.807, 2.05) is 58.1 Å². The summed E-state index contributed by atoms with van der Waals surface area (Å²) in [5.74, 6) is -0.198. The Kier molecular flexibility index (Phi) is 13.3. The van der Waals surface area contributed by atoms with E-state index in [4.69, 9.17) is 14.7 Å². The average Bonchev–Trinajstić information content (AvgIpc) is 3.72. The van der Waals surface area contributed by atoms with E-state index in [0.717, 1.165) is 71.8 Å². The Morgan fingerprint density at radius 1 is 1.19 bits per heavy atom. The topological polar surface area (TPSA) is 105 Å². The van der Waals surface area contributed by atoms with E-state index in [1.54, 1.807) is 12.1 Å². The largest absolute Gasteiger partial charge is 0.375 e. The lowest BCUT2D eigenvalue weighted by molar-refractivity contribution is -0.141. The third kappa shape index (κ3) is 9.08. The van der Waals surface area contributed by atoms with Crippen LogP contribution in [0.2, 0.25) is 0 Å². The number of aromatic nitrogens is 3. The Morgan fingerprint density at radius 2 is 1.96 bits per heavy atom. The lowest BCUT2D eigenvalue weighted by Crippen LogP contribution is -2.58. The van der Waals surface area contributed by atoms with Crippen molar-refractivity contribution in [2.45, 2.75) is 98.4 Å². The molecule has 1 saturated heterocycles. The van der Waals surface area contributed by atoms with Gasteiger partial charge in [-0.05, 0) is 94.8 Å². The van der Waals surface area contributed by atoms with Crippen molar-refractivity contribution in [2.24, 2.45) is 11.3 Å². The molecule has 1 aliphatic heterocycles. The maximum Gasteiger partial charge on any atom is 0.259 e. The van der Waals surface area contributed by atoms with E-state index >= 15 is 0 Å². The second kappa shape index (κ2) is 17.5. The van der Waals surface area contributed by atoms with Gasteiger partial charge in [0.25, 0.3) is 5.91 Å². The van der Waals surface area contributed by atoms with E-state index in [1.165, 1.54) is 28.0 Å². The first-order chi connectivity index (χ1) is 25.3. The second-order valence-corrected chi connectivity index (χ2v) is 16.5. The predicted molar refractivity (Wildman–Crippen MR) is 217 cm³/mol. The number of allylic oxidation sites excluding steroid dienone is 1. The van der Waals surface area contributed by atoms with Gasteiger partial charge in [-0.25, -0.2) is 10.4 Å². The molecule has 11 heteroatoms. The molecular formula is C42H59N7O3S. The van der Waals surface area contributed by atoms with Gasteiger partial charge in [0.2, 0.25) is 5.91 Å². The third-order valence-corrected chi connectivity index (χ3v) is 11.2. The number of fused-ring (bicyclic) bond motifs is 1. The summed E-state index contributed by atoms with van der Waals surface area (Å²) in [5.41, 5.74) is 10.7. The lowest BCUT2D eigenvalue weighted by atomic mass is 9.81. The molecule has 3 aromatic heterocycles. The molecule has 10 nitrogen and oxygen atoms in total. The highest BCUT2D eigenvalue weighted by molar-refractivity contribution is 7.10. The molecule has 2 N–H and O–H groups in total. The summed E-state index contributed by atoms with van der Waals surface area (Å²) in [6.07, 6.45) is 7.66. The number of benzene rings is 1. The standard InChI is InChI=1S/C42H59N7O3S/c1-11-19-42(6,7)25-32-31-23-29(17-18-35(31)48(12-2)39(32)30-16-15-20-43-37(30)28(5)52-10)34-26-53-36(45-34)24-33(41(51)49-22-14-13-21-44-49)46-40(50)38(27(3)4)47(8)9/h11,15-18,20,23,26-28,33,38,44H,1,12-14,19,21-22,24-25H2,2-10H3,(H,46,50). The number of aryl methyl sites for hydroxylation is 1. The van der Waals surface area contributed by atoms with Gasteiger partial charge < -0.3 is 14.6 Å². The van der Waals surface area contributed by atoms with E-state index in [9.17, 15) is 9.59 Å². The number of thiazole rings is 1. The van der Waals surface area contributed by atoms with Crippen molar-refractivity contribution in [3.05, 3.63) is 70.8 Å². The molecule has 0 saturated carbocycles. The van der Waals surface area contributed by atoms with Gasteiger partial charge in [-0.3, -0.25) is 24.5 Å². The van der Waals surface area contributed by atoms with Crippen LogP contribution in [0, 0.1) is 11.3 Å². The highest BCUT2D eigenvalue weighted by Gasteiger charge is 2.33. The summed E-state index contributed by atoms with van der Waals surface area (Å²) in [7, 11) is 5.52. The number of pyridine rings is 1. The van der Waals surface area contributed by atoms with Gasteiger partial charge in [-0.2, -0.15) is 0 Å². The molecule has 0 spiro atoms. The second-order valence-electron chi connectivity index (χ2n) is 15.6. The van der Waals surface area contributed by atoms with E-state index < -0.39 is 6.04 Å². The molecule has 1 fully saturated rings. The number of amides is 2. The molecule has 0 aliphatic carbocycles. The Labute approximate surface area is 320 Å². The molecule has 1 aliphatic rings.